The third-order valence-electron chi connectivity index (χ3n) is 5.90. The lowest BCUT2D eigenvalue weighted by molar-refractivity contribution is -0.132. The Kier molecular flexibility index (Phi) is 6.34. The number of hydrogen-bond acceptors (Lipinski definition) is 6. The summed E-state index contributed by atoms with van der Waals surface area (Å²) in [5.41, 5.74) is 1.51. The third kappa shape index (κ3) is 4.42. The number of carbonyl (C=O) groups excluding carboxylic acids is 4. The fourth-order valence-corrected chi connectivity index (χ4v) is 5.32. The molecule has 1 N–H and O–H groups in total. The van der Waals surface area contributed by atoms with Gasteiger partial charge in [0, 0.05) is 24.3 Å². The van der Waals surface area contributed by atoms with Crippen LogP contribution in [0.3, 0.4) is 0 Å². The fraction of sp³-hybridized carbons (Fsp3) is 0.458. The second kappa shape index (κ2) is 9.05. The van der Waals surface area contributed by atoms with Gasteiger partial charge in [0.1, 0.15) is 6.04 Å². The molecule has 9 heteroatoms. The van der Waals surface area contributed by atoms with Crippen LogP contribution in [0.15, 0.2) is 24.3 Å². The van der Waals surface area contributed by atoms with Crippen molar-refractivity contribution in [3.8, 4) is 0 Å². The minimum atomic E-state index is -0.956. The summed E-state index contributed by atoms with van der Waals surface area (Å²) in [5, 5.41) is 3.24. The molecule has 1 aromatic heterocycles. The Hall–Kier alpha value is -3.07. The fourth-order valence-electron chi connectivity index (χ4n) is 4.30. The number of fused-ring (bicyclic) bond motifs is 2. The number of nitrogens with zero attached hydrogens (tertiary/aromatic N) is 3. The molecule has 2 aliphatic rings. The molecule has 1 unspecified atom stereocenters. The Morgan fingerprint density at radius 2 is 1.73 bits per heavy atom. The van der Waals surface area contributed by atoms with Crippen molar-refractivity contribution in [3.63, 3.8) is 0 Å². The molecule has 4 amide bonds. The summed E-state index contributed by atoms with van der Waals surface area (Å²) in [6.45, 7) is 8.75. The number of nitrogens with one attached hydrogen (secondary N) is 1. The molecule has 8 nitrogen and oxygen atoms in total. The first-order valence-corrected chi connectivity index (χ1v) is 12.0. The number of aromatic nitrogens is 1. The SMILES string of the molecule is CC(C)CC(=O)N1CCc2nc(NC(=O)C(C(C)C)N3C(=O)c4ccccc4C3=O)sc2C1. The van der Waals surface area contributed by atoms with Gasteiger partial charge in [0.05, 0.1) is 23.4 Å². The summed E-state index contributed by atoms with van der Waals surface area (Å²) in [7, 11) is 0. The van der Waals surface area contributed by atoms with Crippen LogP contribution in [0.25, 0.3) is 0 Å². The number of hydrogen-bond donors (Lipinski definition) is 1. The van der Waals surface area contributed by atoms with Gasteiger partial charge in [-0.15, -0.1) is 0 Å². The van der Waals surface area contributed by atoms with Crippen LogP contribution in [0.1, 0.15) is 65.4 Å². The van der Waals surface area contributed by atoms with Gasteiger partial charge in [-0.25, -0.2) is 4.98 Å². The topological polar surface area (TPSA) is 99.7 Å². The smallest absolute Gasteiger partial charge is 0.262 e. The van der Waals surface area contributed by atoms with E-state index in [-0.39, 0.29) is 11.8 Å². The molecule has 0 saturated heterocycles. The predicted octanol–water partition coefficient (Wildman–Crippen LogP) is 3.33. The van der Waals surface area contributed by atoms with E-state index >= 15 is 0 Å². The molecule has 0 aliphatic carbocycles. The number of amides is 4. The number of benzene rings is 1. The first kappa shape index (κ1) is 23.1. The standard InChI is InChI=1S/C24H28N4O4S/c1-13(2)11-19(29)27-10-9-17-18(12-27)33-24(25-17)26-21(30)20(14(3)4)28-22(31)15-7-5-6-8-16(15)23(28)32/h5-8,13-14,20H,9-12H2,1-4H3,(H,25,26,30). The van der Waals surface area contributed by atoms with Gasteiger partial charge in [-0.2, -0.15) is 0 Å². The number of rotatable bonds is 6. The van der Waals surface area contributed by atoms with Gasteiger partial charge in [0.15, 0.2) is 5.13 Å². The molecule has 0 spiro atoms. The Bertz CT molecular complexity index is 1090. The first-order chi connectivity index (χ1) is 15.7. The van der Waals surface area contributed by atoms with Crippen LogP contribution in [0.5, 0.6) is 0 Å². The van der Waals surface area contributed by atoms with Gasteiger partial charge < -0.3 is 10.2 Å². The van der Waals surface area contributed by atoms with Crippen LogP contribution in [0.4, 0.5) is 5.13 Å². The van der Waals surface area contributed by atoms with Crippen molar-refractivity contribution in [1.82, 2.24) is 14.8 Å². The minimum Gasteiger partial charge on any atom is -0.337 e. The van der Waals surface area contributed by atoms with Crippen LogP contribution in [0.2, 0.25) is 0 Å². The van der Waals surface area contributed by atoms with Crippen molar-refractivity contribution in [2.45, 2.75) is 53.1 Å². The molecular weight excluding hydrogens is 440 g/mol. The van der Waals surface area contributed by atoms with Gasteiger partial charge >= 0.3 is 0 Å². The van der Waals surface area contributed by atoms with E-state index < -0.39 is 23.8 Å². The zero-order valence-corrected chi connectivity index (χ0v) is 20.1. The maximum Gasteiger partial charge on any atom is 0.262 e. The maximum absolute atomic E-state index is 13.2. The lowest BCUT2D eigenvalue weighted by atomic mass is 10.0. The van der Waals surface area contributed by atoms with Gasteiger partial charge in [-0.3, -0.25) is 24.1 Å². The van der Waals surface area contributed by atoms with Gasteiger partial charge in [0.25, 0.3) is 11.8 Å². The monoisotopic (exact) mass is 468 g/mol. The molecule has 1 atom stereocenters. The quantitative estimate of drug-likeness (QED) is 0.656. The molecule has 0 saturated carbocycles. The van der Waals surface area contributed by atoms with Crippen LogP contribution < -0.4 is 5.32 Å². The zero-order valence-electron chi connectivity index (χ0n) is 19.3. The number of thiazole rings is 1. The van der Waals surface area contributed by atoms with E-state index in [1.165, 1.54) is 11.3 Å². The lowest BCUT2D eigenvalue weighted by Crippen LogP contribution is -2.50. The van der Waals surface area contributed by atoms with Crippen LogP contribution in [-0.2, 0) is 22.6 Å². The summed E-state index contributed by atoms with van der Waals surface area (Å²) >= 11 is 1.34. The molecule has 0 fully saturated rings. The van der Waals surface area contributed by atoms with Crippen molar-refractivity contribution < 1.29 is 19.2 Å². The number of imide groups is 1. The average molecular weight is 469 g/mol. The molecule has 33 heavy (non-hydrogen) atoms. The Labute approximate surface area is 197 Å². The molecule has 2 aromatic rings. The van der Waals surface area contributed by atoms with E-state index in [9.17, 15) is 19.2 Å². The predicted molar refractivity (Wildman–Crippen MR) is 125 cm³/mol. The van der Waals surface area contributed by atoms with Crippen molar-refractivity contribution in [3.05, 3.63) is 46.0 Å². The van der Waals surface area contributed by atoms with Crippen molar-refractivity contribution in [2.75, 3.05) is 11.9 Å². The molecule has 0 radical (unpaired) electrons. The largest absolute Gasteiger partial charge is 0.337 e. The van der Waals surface area contributed by atoms with E-state index in [4.69, 9.17) is 0 Å². The van der Waals surface area contributed by atoms with Crippen LogP contribution in [-0.4, -0.2) is 51.0 Å². The van der Waals surface area contributed by atoms with E-state index in [1.54, 1.807) is 38.1 Å². The summed E-state index contributed by atoms with van der Waals surface area (Å²) in [6, 6.07) is 5.65. The highest BCUT2D eigenvalue weighted by molar-refractivity contribution is 7.15. The molecule has 3 heterocycles. The van der Waals surface area contributed by atoms with Crippen molar-refractivity contribution >= 4 is 40.1 Å². The van der Waals surface area contributed by atoms with Crippen LogP contribution in [0, 0.1) is 11.8 Å². The first-order valence-electron chi connectivity index (χ1n) is 11.2. The average Bonchev–Trinajstić information content (AvgIpc) is 3.26. The highest BCUT2D eigenvalue weighted by atomic mass is 32.1. The Morgan fingerprint density at radius 3 is 2.30 bits per heavy atom. The van der Waals surface area contributed by atoms with E-state index in [1.807, 2.05) is 18.7 Å². The van der Waals surface area contributed by atoms with Gasteiger partial charge in [-0.05, 0) is 24.0 Å². The van der Waals surface area contributed by atoms with Crippen LogP contribution >= 0.6 is 11.3 Å². The van der Waals surface area contributed by atoms with Crippen molar-refractivity contribution in [2.24, 2.45) is 11.8 Å². The number of anilines is 1. The van der Waals surface area contributed by atoms with E-state index in [0.29, 0.717) is 48.1 Å². The highest BCUT2D eigenvalue weighted by Gasteiger charge is 2.44. The summed E-state index contributed by atoms with van der Waals surface area (Å²) in [6.07, 6.45) is 1.14. The molecular formula is C24H28N4O4S. The summed E-state index contributed by atoms with van der Waals surface area (Å²) in [5.74, 6) is -1.22. The second-order valence-electron chi connectivity index (χ2n) is 9.26. The van der Waals surface area contributed by atoms with Gasteiger partial charge in [-0.1, -0.05) is 51.2 Å². The molecule has 1 aromatic carbocycles. The van der Waals surface area contributed by atoms with E-state index in [2.05, 4.69) is 10.3 Å². The molecule has 4 rings (SSSR count). The van der Waals surface area contributed by atoms with Crippen molar-refractivity contribution in [1.29, 1.82) is 0 Å². The zero-order chi connectivity index (χ0) is 23.9. The number of carbonyl (C=O) groups is 4. The minimum absolute atomic E-state index is 0.125. The highest BCUT2D eigenvalue weighted by Crippen LogP contribution is 2.31. The molecule has 0 bridgehead atoms. The maximum atomic E-state index is 13.2. The lowest BCUT2D eigenvalue weighted by Gasteiger charge is -2.27. The van der Waals surface area contributed by atoms with E-state index in [0.717, 1.165) is 15.5 Å². The third-order valence-corrected chi connectivity index (χ3v) is 6.90. The Morgan fingerprint density at radius 1 is 1.09 bits per heavy atom. The second-order valence-corrected chi connectivity index (χ2v) is 10.3. The summed E-state index contributed by atoms with van der Waals surface area (Å²) < 4.78 is 0. The summed E-state index contributed by atoms with van der Waals surface area (Å²) in [4.78, 5) is 59.9. The molecule has 2 aliphatic heterocycles. The van der Waals surface area contributed by atoms with Gasteiger partial charge in [0.2, 0.25) is 11.8 Å². The Balaban J connectivity index is 1.50. The molecule has 174 valence electrons. The normalized spacial score (nSPS) is 16.3.